The molecule has 0 unspecified atom stereocenters. The summed E-state index contributed by atoms with van der Waals surface area (Å²) in [4.78, 5) is 2.70. The van der Waals surface area contributed by atoms with E-state index >= 15 is 0 Å². The van der Waals surface area contributed by atoms with Crippen LogP contribution in [0.5, 0.6) is 0 Å². The molecule has 0 amide bonds. The topological polar surface area (TPSA) is 25.0 Å². The third kappa shape index (κ3) is 2.58. The van der Waals surface area contributed by atoms with Gasteiger partial charge in [-0.2, -0.15) is 0 Å². The summed E-state index contributed by atoms with van der Waals surface area (Å²) in [5.74, 6) is 0.785. The van der Waals surface area contributed by atoms with Crippen LogP contribution >= 0.6 is 0 Å². The average molecular weight is 225 g/mol. The summed E-state index contributed by atoms with van der Waals surface area (Å²) < 4.78 is 11.0. The van der Waals surface area contributed by atoms with Crippen LogP contribution in [0.4, 0.5) is 0 Å². The van der Waals surface area contributed by atoms with E-state index in [1.165, 1.54) is 45.2 Å². The Balaban J connectivity index is 1.47. The maximum atomic E-state index is 5.79. The summed E-state index contributed by atoms with van der Waals surface area (Å²) in [7, 11) is 0. The van der Waals surface area contributed by atoms with Crippen LogP contribution in [-0.2, 0) is 9.47 Å². The predicted octanol–water partition coefficient (Wildman–Crippen LogP) is 1.67. The molecule has 0 N–H and O–H groups in total. The summed E-state index contributed by atoms with van der Waals surface area (Å²) in [6.45, 7) is 5.35. The molecule has 3 rings (SSSR count). The first kappa shape index (κ1) is 11.0. The van der Waals surface area contributed by atoms with Gasteiger partial charge in [-0.05, 0) is 44.7 Å². The number of ether oxygens (including phenoxy) is 2. The molecule has 0 aliphatic carbocycles. The molecule has 0 saturated carbocycles. The second-order valence-corrected chi connectivity index (χ2v) is 5.49. The minimum atomic E-state index is 0.422. The van der Waals surface area contributed by atoms with Crippen LogP contribution in [0, 0.1) is 5.92 Å². The minimum Gasteiger partial charge on any atom is -0.378 e. The lowest BCUT2D eigenvalue weighted by atomic mass is 9.84. The summed E-state index contributed by atoms with van der Waals surface area (Å²) in [5.41, 5.74) is 0. The molecule has 3 atom stereocenters. The zero-order valence-corrected chi connectivity index (χ0v) is 10.1. The van der Waals surface area contributed by atoms with Gasteiger partial charge in [0, 0.05) is 6.04 Å². The summed E-state index contributed by atoms with van der Waals surface area (Å²) in [6, 6.07) is 0.822. The van der Waals surface area contributed by atoms with Crippen LogP contribution in [0.2, 0.25) is 0 Å². The second-order valence-electron chi connectivity index (χ2n) is 5.49. The first-order chi connectivity index (χ1) is 7.93. The van der Waals surface area contributed by atoms with Gasteiger partial charge in [-0.25, -0.2) is 0 Å². The van der Waals surface area contributed by atoms with E-state index in [1.54, 1.807) is 0 Å². The Morgan fingerprint density at radius 1 is 1.06 bits per heavy atom. The number of piperidine rings is 2. The van der Waals surface area contributed by atoms with E-state index in [0.717, 1.165) is 31.8 Å². The van der Waals surface area contributed by atoms with Crippen molar-refractivity contribution in [1.29, 1.82) is 0 Å². The fourth-order valence-corrected chi connectivity index (χ4v) is 3.29. The van der Waals surface area contributed by atoms with E-state index in [2.05, 4.69) is 4.90 Å². The maximum absolute atomic E-state index is 5.79. The Bertz CT molecular complexity index is 228. The zero-order chi connectivity index (χ0) is 10.8. The number of rotatable bonds is 4. The lowest BCUT2D eigenvalue weighted by Gasteiger charge is -2.44. The molecule has 3 heterocycles. The molecule has 3 aliphatic heterocycles. The SMILES string of the molecule is C1CCN2CCC[C@H](COC[C@@H]3CO3)[C@@H]2C1. The normalized spacial score (nSPS) is 39.4. The Morgan fingerprint density at radius 3 is 2.81 bits per heavy atom. The smallest absolute Gasteiger partial charge is 0.104 e. The van der Waals surface area contributed by atoms with Gasteiger partial charge < -0.3 is 14.4 Å². The third-order valence-corrected chi connectivity index (χ3v) is 4.27. The van der Waals surface area contributed by atoms with Gasteiger partial charge in [0.15, 0.2) is 0 Å². The quantitative estimate of drug-likeness (QED) is 0.680. The first-order valence-corrected chi connectivity index (χ1v) is 6.87. The van der Waals surface area contributed by atoms with Crippen LogP contribution in [0.15, 0.2) is 0 Å². The highest BCUT2D eigenvalue weighted by Crippen LogP contribution is 2.31. The Labute approximate surface area is 98.1 Å². The number of nitrogens with zero attached hydrogens (tertiary/aromatic N) is 1. The highest BCUT2D eigenvalue weighted by Gasteiger charge is 2.33. The zero-order valence-electron chi connectivity index (χ0n) is 10.1. The van der Waals surface area contributed by atoms with E-state index < -0.39 is 0 Å². The molecular weight excluding hydrogens is 202 g/mol. The van der Waals surface area contributed by atoms with Gasteiger partial charge in [0.25, 0.3) is 0 Å². The van der Waals surface area contributed by atoms with Crippen molar-refractivity contribution in [2.75, 3.05) is 32.9 Å². The standard InChI is InChI=1S/C13H23NO2/c1-2-6-14-7-3-4-11(13(14)5-1)8-15-9-12-10-16-12/h11-13H,1-10H2/t11-,12-,13+/m1/s1. The lowest BCUT2D eigenvalue weighted by Crippen LogP contribution is -2.49. The molecule has 3 saturated heterocycles. The van der Waals surface area contributed by atoms with Crippen molar-refractivity contribution in [3.63, 3.8) is 0 Å². The van der Waals surface area contributed by atoms with Gasteiger partial charge in [0.1, 0.15) is 6.10 Å². The Morgan fingerprint density at radius 2 is 1.94 bits per heavy atom. The highest BCUT2D eigenvalue weighted by atomic mass is 16.6. The number of hydrogen-bond donors (Lipinski definition) is 0. The Kier molecular flexibility index (Phi) is 3.46. The van der Waals surface area contributed by atoms with E-state index in [9.17, 15) is 0 Å². The van der Waals surface area contributed by atoms with Crippen LogP contribution in [0.3, 0.4) is 0 Å². The van der Waals surface area contributed by atoms with Gasteiger partial charge in [0.05, 0.1) is 19.8 Å². The van der Waals surface area contributed by atoms with Crippen LogP contribution in [-0.4, -0.2) is 50.0 Å². The van der Waals surface area contributed by atoms with Crippen molar-refractivity contribution in [2.24, 2.45) is 5.92 Å². The monoisotopic (exact) mass is 225 g/mol. The van der Waals surface area contributed by atoms with Crippen molar-refractivity contribution in [2.45, 2.75) is 44.2 Å². The molecule has 3 heteroatoms. The van der Waals surface area contributed by atoms with Crippen molar-refractivity contribution < 1.29 is 9.47 Å². The molecule has 0 aromatic heterocycles. The van der Waals surface area contributed by atoms with E-state index in [4.69, 9.17) is 9.47 Å². The summed E-state index contributed by atoms with van der Waals surface area (Å²) in [5, 5.41) is 0. The third-order valence-electron chi connectivity index (χ3n) is 4.27. The predicted molar refractivity (Wildman–Crippen MR) is 62.5 cm³/mol. The van der Waals surface area contributed by atoms with Gasteiger partial charge in [-0.3, -0.25) is 0 Å². The fraction of sp³-hybridized carbons (Fsp3) is 1.00. The number of hydrogen-bond acceptors (Lipinski definition) is 3. The molecular formula is C13H23NO2. The van der Waals surface area contributed by atoms with Gasteiger partial charge >= 0.3 is 0 Å². The van der Waals surface area contributed by atoms with Crippen molar-refractivity contribution in [1.82, 2.24) is 4.90 Å². The minimum absolute atomic E-state index is 0.422. The molecule has 0 aromatic rings. The van der Waals surface area contributed by atoms with Gasteiger partial charge in [-0.15, -0.1) is 0 Å². The molecule has 0 radical (unpaired) electrons. The summed E-state index contributed by atoms with van der Waals surface area (Å²) >= 11 is 0. The van der Waals surface area contributed by atoms with Crippen molar-refractivity contribution in [3.8, 4) is 0 Å². The number of fused-ring (bicyclic) bond motifs is 1. The van der Waals surface area contributed by atoms with Crippen molar-refractivity contribution >= 4 is 0 Å². The molecule has 0 bridgehead atoms. The summed E-state index contributed by atoms with van der Waals surface area (Å²) in [6.07, 6.45) is 7.38. The van der Waals surface area contributed by atoms with Crippen LogP contribution in [0.25, 0.3) is 0 Å². The second kappa shape index (κ2) is 5.03. The van der Waals surface area contributed by atoms with Crippen LogP contribution in [0.1, 0.15) is 32.1 Å². The molecule has 3 nitrogen and oxygen atoms in total. The highest BCUT2D eigenvalue weighted by molar-refractivity contribution is 4.87. The molecule has 16 heavy (non-hydrogen) atoms. The maximum Gasteiger partial charge on any atom is 0.104 e. The Hall–Kier alpha value is -0.120. The van der Waals surface area contributed by atoms with E-state index in [0.29, 0.717) is 6.10 Å². The van der Waals surface area contributed by atoms with Gasteiger partial charge in [-0.1, -0.05) is 6.42 Å². The largest absolute Gasteiger partial charge is 0.378 e. The molecule has 3 aliphatic rings. The molecule has 3 fully saturated rings. The first-order valence-electron chi connectivity index (χ1n) is 6.87. The molecule has 0 spiro atoms. The fourth-order valence-electron chi connectivity index (χ4n) is 3.29. The lowest BCUT2D eigenvalue weighted by molar-refractivity contribution is 0.000764. The van der Waals surface area contributed by atoms with E-state index in [-0.39, 0.29) is 0 Å². The average Bonchev–Trinajstić information content (AvgIpc) is 3.13. The molecule has 92 valence electrons. The molecule has 0 aromatic carbocycles. The van der Waals surface area contributed by atoms with E-state index in [1.807, 2.05) is 0 Å². The number of epoxide rings is 1. The van der Waals surface area contributed by atoms with Crippen LogP contribution < -0.4 is 0 Å². The van der Waals surface area contributed by atoms with Gasteiger partial charge in [0.2, 0.25) is 0 Å². The van der Waals surface area contributed by atoms with Crippen molar-refractivity contribution in [3.05, 3.63) is 0 Å².